The second kappa shape index (κ2) is 8.97. The van der Waals surface area contributed by atoms with Crippen LogP contribution in [0.3, 0.4) is 0 Å². The molecule has 1 fully saturated rings. The smallest absolute Gasteiger partial charge is 0.308 e. The molecule has 1 aromatic carbocycles. The monoisotopic (exact) mass is 440 g/mol. The highest BCUT2D eigenvalue weighted by atomic mass is 32.1. The van der Waals surface area contributed by atoms with E-state index in [9.17, 15) is 9.59 Å². The van der Waals surface area contributed by atoms with Gasteiger partial charge in [-0.25, -0.2) is 15.0 Å². The number of anilines is 1. The lowest BCUT2D eigenvalue weighted by molar-refractivity contribution is -0.146. The maximum absolute atomic E-state index is 12.6. The first-order chi connectivity index (χ1) is 15.0. The summed E-state index contributed by atoms with van der Waals surface area (Å²) in [6.07, 6.45) is 5.01. The number of hydrogen-bond donors (Lipinski definition) is 1. The molecule has 9 heteroatoms. The number of hydrogen-bond acceptors (Lipinski definition) is 8. The molecule has 0 atom stereocenters. The van der Waals surface area contributed by atoms with Crippen molar-refractivity contribution in [1.29, 1.82) is 0 Å². The first-order valence-corrected chi connectivity index (χ1v) is 11.0. The summed E-state index contributed by atoms with van der Waals surface area (Å²) in [6, 6.07) is 5.31. The second-order valence-electron chi connectivity index (χ2n) is 7.59. The van der Waals surface area contributed by atoms with Gasteiger partial charge in [-0.15, -0.1) is 11.3 Å². The number of esters is 1. The molecule has 1 saturated carbocycles. The van der Waals surface area contributed by atoms with Crippen molar-refractivity contribution in [1.82, 2.24) is 15.0 Å². The molecule has 0 spiro atoms. The van der Waals surface area contributed by atoms with Gasteiger partial charge in [0.2, 0.25) is 0 Å². The van der Waals surface area contributed by atoms with Crippen molar-refractivity contribution in [3.8, 4) is 5.75 Å². The summed E-state index contributed by atoms with van der Waals surface area (Å²) in [5, 5.41) is 3.94. The molecule has 31 heavy (non-hydrogen) atoms. The van der Waals surface area contributed by atoms with Gasteiger partial charge in [0.15, 0.2) is 0 Å². The minimum atomic E-state index is -0.325. The van der Waals surface area contributed by atoms with Crippen LogP contribution in [-0.4, -0.2) is 41.0 Å². The van der Waals surface area contributed by atoms with Crippen molar-refractivity contribution < 1.29 is 19.1 Å². The zero-order valence-corrected chi connectivity index (χ0v) is 18.5. The second-order valence-corrected chi connectivity index (χ2v) is 8.65. The van der Waals surface area contributed by atoms with Crippen molar-refractivity contribution in [2.24, 2.45) is 5.92 Å². The summed E-state index contributed by atoms with van der Waals surface area (Å²) in [5.41, 5.74) is 1.70. The summed E-state index contributed by atoms with van der Waals surface area (Å²) in [6.45, 7) is 1.74. The Morgan fingerprint density at radius 3 is 2.58 bits per heavy atom. The Morgan fingerprint density at radius 2 is 1.90 bits per heavy atom. The molecule has 2 heterocycles. The fourth-order valence-electron chi connectivity index (χ4n) is 3.93. The number of benzene rings is 1. The number of carbonyl (C=O) groups is 2. The van der Waals surface area contributed by atoms with Crippen LogP contribution in [0, 0.1) is 12.8 Å². The molecular formula is C22H24N4O4S. The van der Waals surface area contributed by atoms with Crippen molar-refractivity contribution in [3.63, 3.8) is 0 Å². The Bertz CT molecular complexity index is 1120. The third kappa shape index (κ3) is 4.51. The number of aromatic nitrogens is 3. The van der Waals surface area contributed by atoms with Crippen LogP contribution in [0.4, 0.5) is 5.69 Å². The molecule has 4 rings (SSSR count). The van der Waals surface area contributed by atoms with Gasteiger partial charge in [-0.05, 0) is 44.7 Å². The first-order valence-electron chi connectivity index (χ1n) is 10.2. The molecule has 2 aromatic heterocycles. The van der Waals surface area contributed by atoms with E-state index in [1.807, 2.05) is 12.1 Å². The molecule has 8 nitrogen and oxygen atoms in total. The fourth-order valence-corrected chi connectivity index (χ4v) is 5.08. The molecule has 0 saturated heterocycles. The normalized spacial score (nSPS) is 18.5. The highest BCUT2D eigenvalue weighted by Gasteiger charge is 2.29. The maximum Gasteiger partial charge on any atom is 0.308 e. The van der Waals surface area contributed by atoms with Crippen molar-refractivity contribution in [3.05, 3.63) is 40.9 Å². The van der Waals surface area contributed by atoms with E-state index in [4.69, 9.17) is 14.5 Å². The van der Waals surface area contributed by atoms with Crippen LogP contribution in [0.5, 0.6) is 5.75 Å². The Hall–Kier alpha value is -3.07. The lowest BCUT2D eigenvalue weighted by atomic mass is 9.82. The summed E-state index contributed by atoms with van der Waals surface area (Å²) in [7, 11) is 3.00. The van der Waals surface area contributed by atoms with E-state index in [0.29, 0.717) is 28.9 Å². The molecule has 0 unspecified atom stereocenters. The lowest BCUT2D eigenvalue weighted by Crippen LogP contribution is -2.22. The summed E-state index contributed by atoms with van der Waals surface area (Å²) in [5.74, 6) is 0.942. The Balaban J connectivity index is 1.55. The molecule has 0 aliphatic heterocycles. The average molecular weight is 441 g/mol. The minimum absolute atomic E-state index is 0.0111. The van der Waals surface area contributed by atoms with E-state index in [2.05, 4.69) is 15.3 Å². The van der Waals surface area contributed by atoms with Crippen LogP contribution in [0.1, 0.15) is 52.9 Å². The number of methoxy groups -OCH3 is 2. The van der Waals surface area contributed by atoms with Gasteiger partial charge in [-0.1, -0.05) is 0 Å². The number of nitrogens with one attached hydrogen (secondary N) is 1. The molecule has 1 aliphatic rings. The number of ether oxygens (including phenoxy) is 2. The van der Waals surface area contributed by atoms with Gasteiger partial charge in [0.25, 0.3) is 5.91 Å². The number of thiazole rings is 1. The van der Waals surface area contributed by atoms with Crippen LogP contribution in [0.15, 0.2) is 24.4 Å². The predicted molar refractivity (Wildman–Crippen MR) is 118 cm³/mol. The standard InChI is InChI=1S/C22H24N4O4S/c1-12-23-9-8-15(24-12)20(27)25-16-11-19-17(10-18(16)29-2)26-21(31-19)13-4-6-14(7-5-13)22(28)30-3/h8-11,13-14H,4-7H2,1-3H3,(H,25,27). The van der Waals surface area contributed by atoms with Crippen LogP contribution in [-0.2, 0) is 9.53 Å². The van der Waals surface area contributed by atoms with Crippen LogP contribution >= 0.6 is 11.3 Å². The van der Waals surface area contributed by atoms with E-state index in [-0.39, 0.29) is 17.8 Å². The van der Waals surface area contributed by atoms with Gasteiger partial charge in [0.05, 0.1) is 41.0 Å². The minimum Gasteiger partial charge on any atom is -0.494 e. The van der Waals surface area contributed by atoms with E-state index >= 15 is 0 Å². The molecule has 162 valence electrons. The van der Waals surface area contributed by atoms with Crippen LogP contribution in [0.2, 0.25) is 0 Å². The molecule has 1 aliphatic carbocycles. The van der Waals surface area contributed by atoms with Gasteiger partial charge in [0.1, 0.15) is 17.3 Å². The number of fused-ring (bicyclic) bond motifs is 1. The van der Waals surface area contributed by atoms with Gasteiger partial charge in [0, 0.05) is 18.2 Å². The lowest BCUT2D eigenvalue weighted by Gasteiger charge is -2.25. The van der Waals surface area contributed by atoms with E-state index in [1.54, 1.807) is 37.6 Å². The number of carbonyl (C=O) groups excluding carboxylic acids is 2. The molecule has 0 bridgehead atoms. The quantitative estimate of drug-likeness (QED) is 0.596. The third-order valence-corrected chi connectivity index (χ3v) is 6.77. The van der Waals surface area contributed by atoms with Gasteiger partial charge in [-0.2, -0.15) is 0 Å². The van der Waals surface area contributed by atoms with Gasteiger partial charge in [-0.3, -0.25) is 9.59 Å². The molecule has 1 N–H and O–H groups in total. The number of amides is 1. The van der Waals surface area contributed by atoms with Crippen molar-refractivity contribution >= 4 is 39.1 Å². The zero-order valence-electron chi connectivity index (χ0n) is 17.7. The number of aryl methyl sites for hydroxylation is 1. The maximum atomic E-state index is 12.6. The van der Waals surface area contributed by atoms with Crippen LogP contribution < -0.4 is 10.1 Å². The Morgan fingerprint density at radius 1 is 1.13 bits per heavy atom. The van der Waals surface area contributed by atoms with Crippen molar-refractivity contribution in [2.45, 2.75) is 38.5 Å². The van der Waals surface area contributed by atoms with E-state index < -0.39 is 0 Å². The third-order valence-electron chi connectivity index (χ3n) is 5.59. The largest absolute Gasteiger partial charge is 0.494 e. The average Bonchev–Trinajstić information content (AvgIpc) is 3.21. The molecule has 0 radical (unpaired) electrons. The Labute approximate surface area is 184 Å². The number of rotatable bonds is 5. The zero-order chi connectivity index (χ0) is 22.0. The molecular weight excluding hydrogens is 416 g/mol. The van der Waals surface area contributed by atoms with Gasteiger partial charge < -0.3 is 14.8 Å². The molecule has 3 aromatic rings. The highest BCUT2D eigenvalue weighted by molar-refractivity contribution is 7.18. The predicted octanol–water partition coefficient (Wildman–Crippen LogP) is 4.10. The highest BCUT2D eigenvalue weighted by Crippen LogP contribution is 2.41. The summed E-state index contributed by atoms with van der Waals surface area (Å²) in [4.78, 5) is 37.4. The topological polar surface area (TPSA) is 103 Å². The van der Waals surface area contributed by atoms with E-state index in [1.165, 1.54) is 7.11 Å². The van der Waals surface area contributed by atoms with Crippen molar-refractivity contribution in [2.75, 3.05) is 19.5 Å². The summed E-state index contributed by atoms with van der Waals surface area (Å²) >= 11 is 1.62. The number of nitrogens with zero attached hydrogens (tertiary/aromatic N) is 3. The molecule has 1 amide bonds. The SMILES string of the molecule is COC(=O)C1CCC(c2nc3cc(OC)c(NC(=O)c4ccnc(C)n4)cc3s2)CC1. The first kappa shape index (κ1) is 21.2. The fraction of sp³-hybridized carbons (Fsp3) is 0.409. The summed E-state index contributed by atoms with van der Waals surface area (Å²) < 4.78 is 11.3. The van der Waals surface area contributed by atoms with Gasteiger partial charge >= 0.3 is 5.97 Å². The van der Waals surface area contributed by atoms with E-state index in [0.717, 1.165) is 40.9 Å². The van der Waals surface area contributed by atoms with Crippen LogP contribution in [0.25, 0.3) is 10.2 Å². The Kier molecular flexibility index (Phi) is 6.13.